The van der Waals surface area contributed by atoms with Gasteiger partial charge in [0.2, 0.25) is 0 Å². The van der Waals surface area contributed by atoms with Crippen LogP contribution in [0.5, 0.6) is 0 Å². The van der Waals surface area contributed by atoms with Crippen molar-refractivity contribution in [1.29, 1.82) is 0 Å². The third kappa shape index (κ3) is 2.40. The molecule has 0 aromatic carbocycles. The van der Waals surface area contributed by atoms with Gasteiger partial charge in [0.05, 0.1) is 19.0 Å². The lowest BCUT2D eigenvalue weighted by Crippen LogP contribution is -2.07. The van der Waals surface area contributed by atoms with Crippen LogP contribution in [0, 0.1) is 0 Å². The predicted octanol–water partition coefficient (Wildman–Crippen LogP) is -0.682. The topological polar surface area (TPSA) is 110 Å². The lowest BCUT2D eigenvalue weighted by molar-refractivity contribution is 0.131. The molecular formula is C10H13N5O2. The average Bonchev–Trinajstić information content (AvgIpc) is 2.74. The quantitative estimate of drug-likeness (QED) is 0.605. The minimum absolute atomic E-state index is 0.295. The smallest absolute Gasteiger partial charge is 0.165 e. The molecule has 0 radical (unpaired) electrons. The number of fused-ring (bicyclic) bond motifs is 1. The summed E-state index contributed by atoms with van der Waals surface area (Å²) in [5.74, 6) is 0.341. The van der Waals surface area contributed by atoms with Crippen LogP contribution in [0.2, 0.25) is 0 Å². The molecule has 17 heavy (non-hydrogen) atoms. The van der Waals surface area contributed by atoms with Crippen molar-refractivity contribution in [2.45, 2.75) is 12.6 Å². The maximum Gasteiger partial charge on any atom is 0.165 e. The standard InChI is InChI=1S/C10H13N5O2/c11-9-8-10(13-5-12-9)15(6-14-8)3-1-2-7(17)4-16/h1-2,5-7,16-17H,3-4H2,(H2,11,12,13)/b2-1-. The first-order chi connectivity index (χ1) is 8.22. The Kier molecular flexibility index (Phi) is 3.31. The van der Waals surface area contributed by atoms with E-state index in [1.165, 1.54) is 12.4 Å². The molecule has 7 nitrogen and oxygen atoms in total. The van der Waals surface area contributed by atoms with Crippen molar-refractivity contribution < 1.29 is 10.2 Å². The Labute approximate surface area is 97.3 Å². The molecule has 2 aromatic heterocycles. The highest BCUT2D eigenvalue weighted by atomic mass is 16.3. The van der Waals surface area contributed by atoms with Crippen molar-refractivity contribution in [3.63, 3.8) is 0 Å². The second kappa shape index (κ2) is 4.89. The van der Waals surface area contributed by atoms with Gasteiger partial charge >= 0.3 is 0 Å². The third-order valence-corrected chi connectivity index (χ3v) is 2.28. The van der Waals surface area contributed by atoms with E-state index in [0.717, 1.165) is 0 Å². The molecule has 0 saturated carbocycles. The van der Waals surface area contributed by atoms with Gasteiger partial charge in [-0.3, -0.25) is 0 Å². The summed E-state index contributed by atoms with van der Waals surface area (Å²) < 4.78 is 1.77. The summed E-state index contributed by atoms with van der Waals surface area (Å²) in [7, 11) is 0. The van der Waals surface area contributed by atoms with Crippen LogP contribution in [0.15, 0.2) is 24.8 Å². The minimum Gasteiger partial charge on any atom is -0.393 e. The van der Waals surface area contributed by atoms with Gasteiger partial charge in [0, 0.05) is 6.54 Å². The van der Waals surface area contributed by atoms with Crippen LogP contribution in [0.3, 0.4) is 0 Å². The monoisotopic (exact) mass is 235 g/mol. The number of nitrogens with zero attached hydrogens (tertiary/aromatic N) is 4. The van der Waals surface area contributed by atoms with Crippen LogP contribution in [-0.4, -0.2) is 42.4 Å². The fourth-order valence-corrected chi connectivity index (χ4v) is 1.42. The molecule has 4 N–H and O–H groups in total. The number of nitrogens with two attached hydrogens (primary N) is 1. The summed E-state index contributed by atoms with van der Waals surface area (Å²) >= 11 is 0. The van der Waals surface area contributed by atoms with Gasteiger partial charge in [-0.1, -0.05) is 12.2 Å². The van der Waals surface area contributed by atoms with Gasteiger partial charge in [-0.05, 0) is 0 Å². The second-order valence-corrected chi connectivity index (χ2v) is 3.51. The number of nitrogen functional groups attached to an aromatic ring is 1. The summed E-state index contributed by atoms with van der Waals surface area (Å²) in [6, 6.07) is 0. The second-order valence-electron chi connectivity index (χ2n) is 3.51. The molecular weight excluding hydrogens is 222 g/mol. The van der Waals surface area contributed by atoms with E-state index >= 15 is 0 Å². The largest absolute Gasteiger partial charge is 0.393 e. The Morgan fingerprint density at radius 2 is 2.24 bits per heavy atom. The number of aromatic nitrogens is 4. The van der Waals surface area contributed by atoms with Crippen LogP contribution in [0.25, 0.3) is 11.2 Å². The van der Waals surface area contributed by atoms with Crippen molar-refractivity contribution in [1.82, 2.24) is 19.5 Å². The SMILES string of the molecule is Nc1ncnc2c1ncn2C/C=C\C(O)CO. The fraction of sp³-hybridized carbons (Fsp3) is 0.300. The number of imidazole rings is 1. The minimum atomic E-state index is -0.843. The van der Waals surface area contributed by atoms with Crippen molar-refractivity contribution >= 4 is 17.0 Å². The van der Waals surface area contributed by atoms with Crippen molar-refractivity contribution in [3.8, 4) is 0 Å². The zero-order chi connectivity index (χ0) is 12.3. The van der Waals surface area contributed by atoms with Crippen LogP contribution in [0.4, 0.5) is 5.82 Å². The summed E-state index contributed by atoms with van der Waals surface area (Å²) in [4.78, 5) is 12.0. The van der Waals surface area contributed by atoms with Gasteiger partial charge in [0.25, 0.3) is 0 Å². The molecule has 90 valence electrons. The van der Waals surface area contributed by atoms with E-state index in [2.05, 4.69) is 15.0 Å². The summed E-state index contributed by atoms with van der Waals surface area (Å²) in [6.07, 6.45) is 5.37. The molecule has 1 atom stereocenters. The number of anilines is 1. The maximum absolute atomic E-state index is 9.14. The van der Waals surface area contributed by atoms with E-state index in [1.807, 2.05) is 0 Å². The fourth-order valence-electron chi connectivity index (χ4n) is 1.42. The maximum atomic E-state index is 9.14. The van der Waals surface area contributed by atoms with Gasteiger partial charge in [0.1, 0.15) is 11.8 Å². The zero-order valence-electron chi connectivity index (χ0n) is 9.06. The van der Waals surface area contributed by atoms with E-state index in [0.29, 0.717) is 23.5 Å². The molecule has 2 rings (SSSR count). The number of rotatable bonds is 4. The molecule has 1 unspecified atom stereocenters. The highest BCUT2D eigenvalue weighted by Gasteiger charge is 2.06. The predicted molar refractivity (Wildman–Crippen MR) is 62.0 cm³/mol. The summed E-state index contributed by atoms with van der Waals surface area (Å²) in [5, 5.41) is 17.8. The first-order valence-electron chi connectivity index (χ1n) is 5.09. The Bertz CT molecular complexity index is 536. The normalized spacial score (nSPS) is 13.5. The lowest BCUT2D eigenvalue weighted by Gasteiger charge is -2.01. The molecule has 0 saturated heterocycles. The third-order valence-electron chi connectivity index (χ3n) is 2.28. The molecule has 7 heteroatoms. The van der Waals surface area contributed by atoms with Crippen LogP contribution < -0.4 is 5.73 Å². The Hall–Kier alpha value is -1.99. The molecule has 0 aliphatic carbocycles. The van der Waals surface area contributed by atoms with E-state index in [1.54, 1.807) is 17.0 Å². The molecule has 0 fully saturated rings. The number of aliphatic hydroxyl groups is 2. The van der Waals surface area contributed by atoms with E-state index in [9.17, 15) is 0 Å². The molecule has 0 aliphatic rings. The van der Waals surface area contributed by atoms with Gasteiger partial charge < -0.3 is 20.5 Å². The highest BCUT2D eigenvalue weighted by Crippen LogP contribution is 2.13. The molecule has 0 aliphatic heterocycles. The Morgan fingerprint density at radius 3 is 3.00 bits per heavy atom. The lowest BCUT2D eigenvalue weighted by atomic mass is 10.3. The number of hydrogen-bond acceptors (Lipinski definition) is 6. The summed E-state index contributed by atoms with van der Waals surface area (Å²) in [5.41, 5.74) is 6.85. The molecule has 2 aromatic rings. The zero-order valence-corrected chi connectivity index (χ0v) is 9.06. The van der Waals surface area contributed by atoms with Crippen molar-refractivity contribution in [3.05, 3.63) is 24.8 Å². The van der Waals surface area contributed by atoms with Crippen LogP contribution >= 0.6 is 0 Å². The Morgan fingerprint density at radius 1 is 1.41 bits per heavy atom. The van der Waals surface area contributed by atoms with Crippen molar-refractivity contribution in [2.24, 2.45) is 0 Å². The van der Waals surface area contributed by atoms with Crippen molar-refractivity contribution in [2.75, 3.05) is 12.3 Å². The summed E-state index contributed by atoms with van der Waals surface area (Å²) in [6.45, 7) is 0.195. The molecule has 0 spiro atoms. The Balaban J connectivity index is 2.20. The number of aliphatic hydroxyl groups excluding tert-OH is 2. The number of hydrogen-bond donors (Lipinski definition) is 3. The average molecular weight is 235 g/mol. The van der Waals surface area contributed by atoms with E-state index in [4.69, 9.17) is 15.9 Å². The van der Waals surface area contributed by atoms with E-state index in [-0.39, 0.29) is 6.61 Å². The van der Waals surface area contributed by atoms with Gasteiger partial charge in [-0.2, -0.15) is 0 Å². The number of allylic oxidation sites excluding steroid dienone is 1. The van der Waals surface area contributed by atoms with Gasteiger partial charge in [-0.15, -0.1) is 0 Å². The van der Waals surface area contributed by atoms with Gasteiger partial charge in [0.15, 0.2) is 11.5 Å². The van der Waals surface area contributed by atoms with E-state index < -0.39 is 6.10 Å². The first kappa shape index (κ1) is 11.5. The van der Waals surface area contributed by atoms with Gasteiger partial charge in [-0.25, -0.2) is 15.0 Å². The van der Waals surface area contributed by atoms with Crippen LogP contribution in [-0.2, 0) is 6.54 Å². The first-order valence-corrected chi connectivity index (χ1v) is 5.09. The molecule has 0 amide bonds. The molecule has 2 heterocycles. The highest BCUT2D eigenvalue weighted by molar-refractivity contribution is 5.81. The van der Waals surface area contributed by atoms with Crippen LogP contribution in [0.1, 0.15) is 0 Å². The molecule has 0 bridgehead atoms.